The fourth-order valence-corrected chi connectivity index (χ4v) is 5.85. The Kier molecular flexibility index (Phi) is 3.26. The van der Waals surface area contributed by atoms with Crippen LogP contribution in [0.5, 0.6) is 0 Å². The smallest absolute Gasteiger partial charge is 0.138 e. The molecule has 0 radical (unpaired) electrons. The number of benzene rings is 2. The number of carbonyl (C=O) groups is 1. The average Bonchev–Trinajstić information content (AvgIpc) is 3.15. The number of rotatable bonds is 2. The molecule has 0 aliphatic heterocycles. The molecule has 0 saturated heterocycles. The van der Waals surface area contributed by atoms with Gasteiger partial charge in [-0.05, 0) is 64.5 Å². The maximum atomic E-state index is 12.6. The van der Waals surface area contributed by atoms with Crippen LogP contribution >= 0.6 is 0 Å². The fourth-order valence-electron chi connectivity index (χ4n) is 5.85. The minimum atomic E-state index is 0.0896. The van der Waals surface area contributed by atoms with Gasteiger partial charge in [0.2, 0.25) is 0 Å². The molecule has 2 aromatic carbocycles. The van der Waals surface area contributed by atoms with Crippen molar-refractivity contribution in [1.29, 1.82) is 0 Å². The summed E-state index contributed by atoms with van der Waals surface area (Å²) in [5, 5.41) is 2.72. The number of ketones is 1. The van der Waals surface area contributed by atoms with Crippen LogP contribution in [-0.2, 0) is 23.1 Å². The van der Waals surface area contributed by atoms with Gasteiger partial charge >= 0.3 is 0 Å². The second kappa shape index (κ2) is 5.30. The predicted molar refractivity (Wildman–Crippen MR) is 103 cm³/mol. The van der Waals surface area contributed by atoms with Crippen LogP contribution in [0.4, 0.5) is 0 Å². The lowest BCUT2D eigenvalue weighted by Gasteiger charge is -2.40. The summed E-state index contributed by atoms with van der Waals surface area (Å²) in [5.74, 6) is 2.34. The molecule has 3 unspecified atom stereocenters. The highest BCUT2D eigenvalue weighted by Crippen LogP contribution is 2.58. The number of hydrogen-bond acceptors (Lipinski definition) is 1. The van der Waals surface area contributed by atoms with Gasteiger partial charge in [-0.1, -0.05) is 56.3 Å². The van der Waals surface area contributed by atoms with Gasteiger partial charge in [0.25, 0.3) is 0 Å². The van der Waals surface area contributed by atoms with Crippen molar-refractivity contribution in [2.45, 2.75) is 51.4 Å². The van der Waals surface area contributed by atoms with Crippen LogP contribution in [0.1, 0.15) is 49.8 Å². The van der Waals surface area contributed by atoms with Crippen molar-refractivity contribution in [3.63, 3.8) is 0 Å². The number of fused-ring (bicyclic) bond motifs is 6. The van der Waals surface area contributed by atoms with E-state index in [1.807, 2.05) is 0 Å². The minimum Gasteiger partial charge on any atom is -0.299 e. The van der Waals surface area contributed by atoms with Crippen LogP contribution in [0.2, 0.25) is 0 Å². The quantitative estimate of drug-likeness (QED) is 0.675. The fraction of sp³-hybridized carbons (Fsp3) is 0.458. The van der Waals surface area contributed by atoms with Crippen molar-refractivity contribution in [1.82, 2.24) is 0 Å². The van der Waals surface area contributed by atoms with Crippen LogP contribution in [0.25, 0.3) is 10.8 Å². The Balaban J connectivity index is 1.71. The lowest BCUT2D eigenvalue weighted by atomic mass is 9.62. The predicted octanol–water partition coefficient (Wildman–Crippen LogP) is 5.39. The summed E-state index contributed by atoms with van der Waals surface area (Å²) in [6.45, 7) is 4.55. The lowest BCUT2D eigenvalue weighted by molar-refractivity contribution is -0.120. The van der Waals surface area contributed by atoms with Crippen molar-refractivity contribution in [2.75, 3.05) is 0 Å². The maximum absolute atomic E-state index is 12.6. The van der Waals surface area contributed by atoms with E-state index in [4.69, 9.17) is 0 Å². The third-order valence-electron chi connectivity index (χ3n) is 6.77. The largest absolute Gasteiger partial charge is 0.299 e. The molecule has 1 saturated carbocycles. The summed E-state index contributed by atoms with van der Waals surface area (Å²) in [7, 11) is 0. The van der Waals surface area contributed by atoms with E-state index in [0.29, 0.717) is 30.0 Å². The summed E-state index contributed by atoms with van der Waals surface area (Å²) in [4.78, 5) is 12.6. The summed E-state index contributed by atoms with van der Waals surface area (Å²) in [6, 6.07) is 11.5. The highest BCUT2D eigenvalue weighted by molar-refractivity contribution is 5.92. The van der Waals surface area contributed by atoms with Gasteiger partial charge in [-0.2, -0.15) is 0 Å². The molecule has 2 bridgehead atoms. The topological polar surface area (TPSA) is 17.1 Å². The summed E-state index contributed by atoms with van der Waals surface area (Å²) in [5.41, 5.74) is 4.31. The zero-order valence-electron chi connectivity index (χ0n) is 15.2. The SMILES string of the molecule is CC(C)Cc1cccc2cc3c(cc12)CC(=O)CC31CC2C=CC1C2. The Morgan fingerprint density at radius 2 is 2.08 bits per heavy atom. The maximum Gasteiger partial charge on any atom is 0.138 e. The molecule has 0 heterocycles. The number of Topliss-reactive ketones (excluding diaryl/α,β-unsaturated/α-hetero) is 1. The monoisotopic (exact) mass is 330 g/mol. The molecule has 128 valence electrons. The number of allylic oxidation sites excluding steroid dienone is 2. The average molecular weight is 330 g/mol. The van der Waals surface area contributed by atoms with Crippen molar-refractivity contribution in [2.24, 2.45) is 17.8 Å². The second-order valence-corrected chi connectivity index (χ2v) is 8.99. The molecule has 2 aromatic rings. The lowest BCUT2D eigenvalue weighted by Crippen LogP contribution is -2.38. The Labute approximate surface area is 150 Å². The summed E-state index contributed by atoms with van der Waals surface area (Å²) in [6.07, 6.45) is 9.68. The first kappa shape index (κ1) is 15.4. The molecule has 1 fully saturated rings. The Bertz CT molecular complexity index is 904. The molecular weight excluding hydrogens is 304 g/mol. The van der Waals surface area contributed by atoms with Gasteiger partial charge in [-0.15, -0.1) is 0 Å². The Morgan fingerprint density at radius 1 is 1.20 bits per heavy atom. The van der Waals surface area contributed by atoms with E-state index in [0.717, 1.165) is 12.8 Å². The first-order valence-corrected chi connectivity index (χ1v) is 9.80. The van der Waals surface area contributed by atoms with E-state index in [1.54, 1.807) is 0 Å². The Hall–Kier alpha value is -1.89. The molecule has 3 aliphatic rings. The van der Waals surface area contributed by atoms with Crippen molar-refractivity contribution in [3.05, 3.63) is 59.2 Å². The first-order valence-electron chi connectivity index (χ1n) is 9.80. The zero-order valence-corrected chi connectivity index (χ0v) is 15.2. The zero-order chi connectivity index (χ0) is 17.2. The van der Waals surface area contributed by atoms with Gasteiger partial charge in [0.05, 0.1) is 0 Å². The molecule has 3 aliphatic carbocycles. The van der Waals surface area contributed by atoms with Crippen LogP contribution in [0.15, 0.2) is 42.5 Å². The highest BCUT2D eigenvalue weighted by Gasteiger charge is 2.52. The van der Waals surface area contributed by atoms with E-state index in [1.165, 1.54) is 40.3 Å². The third-order valence-corrected chi connectivity index (χ3v) is 6.77. The molecule has 1 heteroatoms. The molecule has 3 atom stereocenters. The first-order chi connectivity index (χ1) is 12.0. The van der Waals surface area contributed by atoms with Crippen LogP contribution < -0.4 is 0 Å². The molecule has 1 spiro atoms. The molecular formula is C24H26O. The standard InChI is InChI=1S/C24H26O/c1-15(2)8-17-4-3-5-18-12-23-19(11-22(17)18)10-21(25)14-24(23)13-16-6-7-20(24)9-16/h3-7,11-12,15-16,20H,8-10,13-14H2,1-2H3. The number of hydrogen-bond donors (Lipinski definition) is 0. The summed E-state index contributed by atoms with van der Waals surface area (Å²) < 4.78 is 0. The highest BCUT2D eigenvalue weighted by atomic mass is 16.1. The molecule has 1 nitrogen and oxygen atoms in total. The molecule has 0 amide bonds. The Morgan fingerprint density at radius 3 is 2.80 bits per heavy atom. The van der Waals surface area contributed by atoms with Gasteiger partial charge in [0.1, 0.15) is 5.78 Å². The van der Waals surface area contributed by atoms with Gasteiger partial charge < -0.3 is 0 Å². The van der Waals surface area contributed by atoms with E-state index in [2.05, 4.69) is 56.3 Å². The van der Waals surface area contributed by atoms with Gasteiger partial charge in [0.15, 0.2) is 0 Å². The van der Waals surface area contributed by atoms with E-state index < -0.39 is 0 Å². The van der Waals surface area contributed by atoms with Gasteiger partial charge in [-0.3, -0.25) is 4.79 Å². The molecule has 5 rings (SSSR count). The van der Waals surface area contributed by atoms with Crippen molar-refractivity contribution >= 4 is 16.6 Å². The van der Waals surface area contributed by atoms with E-state index >= 15 is 0 Å². The molecule has 0 aromatic heterocycles. The molecule has 0 N–H and O–H groups in total. The van der Waals surface area contributed by atoms with Gasteiger partial charge in [-0.25, -0.2) is 0 Å². The third kappa shape index (κ3) is 2.25. The van der Waals surface area contributed by atoms with Crippen LogP contribution in [0.3, 0.4) is 0 Å². The second-order valence-electron chi connectivity index (χ2n) is 8.99. The number of carbonyl (C=O) groups excluding carboxylic acids is 1. The van der Waals surface area contributed by atoms with E-state index in [9.17, 15) is 4.79 Å². The van der Waals surface area contributed by atoms with Crippen molar-refractivity contribution < 1.29 is 4.79 Å². The van der Waals surface area contributed by atoms with E-state index in [-0.39, 0.29) is 5.41 Å². The minimum absolute atomic E-state index is 0.0896. The molecule has 25 heavy (non-hydrogen) atoms. The van der Waals surface area contributed by atoms with Gasteiger partial charge in [0, 0.05) is 18.3 Å². The summed E-state index contributed by atoms with van der Waals surface area (Å²) >= 11 is 0. The van der Waals surface area contributed by atoms with Crippen LogP contribution in [-0.4, -0.2) is 5.78 Å². The van der Waals surface area contributed by atoms with Crippen LogP contribution in [0, 0.1) is 17.8 Å². The van der Waals surface area contributed by atoms with Crippen molar-refractivity contribution in [3.8, 4) is 0 Å². The normalized spacial score (nSPS) is 30.0.